The van der Waals surface area contributed by atoms with E-state index in [0.29, 0.717) is 42.4 Å². The Bertz CT molecular complexity index is 1300. The Morgan fingerprint density at radius 3 is 2.13 bits per heavy atom. The summed E-state index contributed by atoms with van der Waals surface area (Å²) in [6, 6.07) is 18.5. The van der Waals surface area contributed by atoms with Crippen LogP contribution in [0.2, 0.25) is 15.1 Å². The number of halogens is 3. The summed E-state index contributed by atoms with van der Waals surface area (Å²) in [5.41, 5.74) is 1.37. The van der Waals surface area contributed by atoms with E-state index in [0.717, 1.165) is 0 Å². The van der Waals surface area contributed by atoms with E-state index in [4.69, 9.17) is 34.8 Å². The van der Waals surface area contributed by atoms with Gasteiger partial charge in [-0.25, -0.2) is 4.98 Å². The van der Waals surface area contributed by atoms with Crippen LogP contribution in [0, 0.1) is 0 Å². The van der Waals surface area contributed by atoms with E-state index in [-0.39, 0.29) is 17.1 Å². The summed E-state index contributed by atoms with van der Waals surface area (Å²) in [5.74, 6) is 0.00745. The molecule has 0 N–H and O–H groups in total. The molecule has 0 aliphatic carbocycles. The second-order valence-corrected chi connectivity index (χ2v) is 8.64. The highest BCUT2D eigenvalue weighted by Crippen LogP contribution is 2.25. The Balaban J connectivity index is 1.77. The van der Waals surface area contributed by atoms with Crippen molar-refractivity contribution in [3.63, 3.8) is 0 Å². The van der Waals surface area contributed by atoms with Gasteiger partial charge >= 0.3 is 0 Å². The lowest BCUT2D eigenvalue weighted by atomic mass is 10.1. The SMILES string of the molecule is O=C(CSc1nc2cc(Cl)ccc2c(=O)n1-c1ccc(Cl)cc1)c1ccc(Cl)cc1. The summed E-state index contributed by atoms with van der Waals surface area (Å²) in [7, 11) is 0. The van der Waals surface area contributed by atoms with Crippen LogP contribution in [0.3, 0.4) is 0 Å². The zero-order chi connectivity index (χ0) is 21.3. The third-order valence-electron chi connectivity index (χ3n) is 4.38. The van der Waals surface area contributed by atoms with Gasteiger partial charge in [0.1, 0.15) is 0 Å². The van der Waals surface area contributed by atoms with Crippen LogP contribution in [0.25, 0.3) is 16.6 Å². The minimum atomic E-state index is -0.250. The fourth-order valence-corrected chi connectivity index (χ4v) is 4.23. The fraction of sp³-hybridized carbons (Fsp3) is 0.0455. The van der Waals surface area contributed by atoms with E-state index in [9.17, 15) is 9.59 Å². The van der Waals surface area contributed by atoms with E-state index in [2.05, 4.69) is 4.98 Å². The van der Waals surface area contributed by atoms with Crippen LogP contribution in [-0.2, 0) is 0 Å². The molecule has 0 amide bonds. The molecule has 0 saturated heterocycles. The normalized spacial score (nSPS) is 11.0. The van der Waals surface area contributed by atoms with Gasteiger partial charge < -0.3 is 0 Å². The average Bonchev–Trinajstić information content (AvgIpc) is 2.73. The second kappa shape index (κ2) is 8.82. The number of aromatic nitrogens is 2. The Morgan fingerprint density at radius 1 is 0.867 bits per heavy atom. The van der Waals surface area contributed by atoms with Gasteiger partial charge in [0, 0.05) is 20.6 Å². The van der Waals surface area contributed by atoms with Gasteiger partial charge in [0.2, 0.25) is 0 Å². The van der Waals surface area contributed by atoms with Crippen molar-refractivity contribution in [2.45, 2.75) is 5.16 Å². The predicted octanol–water partition coefficient (Wildman–Crippen LogP) is 6.32. The summed E-state index contributed by atoms with van der Waals surface area (Å²) in [6.07, 6.45) is 0. The lowest BCUT2D eigenvalue weighted by Crippen LogP contribution is -2.22. The first-order valence-electron chi connectivity index (χ1n) is 8.82. The van der Waals surface area contributed by atoms with E-state index < -0.39 is 0 Å². The van der Waals surface area contributed by atoms with Crippen molar-refractivity contribution < 1.29 is 4.79 Å². The lowest BCUT2D eigenvalue weighted by Gasteiger charge is -2.13. The van der Waals surface area contributed by atoms with E-state index in [1.54, 1.807) is 66.7 Å². The maximum Gasteiger partial charge on any atom is 0.266 e. The Labute approximate surface area is 191 Å². The van der Waals surface area contributed by atoms with E-state index in [1.165, 1.54) is 16.3 Å². The van der Waals surface area contributed by atoms with Crippen LogP contribution in [0.4, 0.5) is 0 Å². The van der Waals surface area contributed by atoms with Crippen molar-refractivity contribution in [2.24, 2.45) is 0 Å². The van der Waals surface area contributed by atoms with Crippen molar-refractivity contribution >= 4 is 63.3 Å². The Morgan fingerprint density at radius 2 is 1.47 bits per heavy atom. The molecule has 0 unspecified atom stereocenters. The number of hydrogen-bond acceptors (Lipinski definition) is 4. The molecule has 1 heterocycles. The van der Waals surface area contributed by atoms with Gasteiger partial charge in [0.25, 0.3) is 5.56 Å². The number of hydrogen-bond donors (Lipinski definition) is 0. The van der Waals surface area contributed by atoms with E-state index >= 15 is 0 Å². The maximum absolute atomic E-state index is 13.2. The quantitative estimate of drug-likeness (QED) is 0.192. The molecule has 0 bridgehead atoms. The van der Waals surface area contributed by atoms with Gasteiger partial charge in [0.15, 0.2) is 10.9 Å². The monoisotopic (exact) mass is 474 g/mol. The molecule has 1 aromatic heterocycles. The number of rotatable bonds is 5. The van der Waals surface area contributed by atoms with Crippen molar-refractivity contribution in [3.05, 3.63) is 97.7 Å². The number of thioether (sulfide) groups is 1. The van der Waals surface area contributed by atoms with Gasteiger partial charge in [0.05, 0.1) is 22.3 Å². The zero-order valence-corrected chi connectivity index (χ0v) is 18.4. The number of nitrogens with zero attached hydrogens (tertiary/aromatic N) is 2. The minimum absolute atomic E-state index is 0.0974. The topological polar surface area (TPSA) is 52.0 Å². The number of benzene rings is 3. The minimum Gasteiger partial charge on any atom is -0.293 e. The molecule has 30 heavy (non-hydrogen) atoms. The van der Waals surface area contributed by atoms with Crippen molar-refractivity contribution in [1.29, 1.82) is 0 Å². The molecular weight excluding hydrogens is 463 g/mol. The molecule has 0 atom stereocenters. The molecule has 4 aromatic rings. The number of fused-ring (bicyclic) bond motifs is 1. The molecule has 0 spiro atoms. The molecule has 150 valence electrons. The summed E-state index contributed by atoms with van der Waals surface area (Å²) in [5, 5.41) is 2.41. The van der Waals surface area contributed by atoms with Gasteiger partial charge in [-0.1, -0.05) is 46.6 Å². The van der Waals surface area contributed by atoms with Crippen molar-refractivity contribution in [2.75, 3.05) is 5.75 Å². The highest BCUT2D eigenvalue weighted by atomic mass is 35.5. The summed E-state index contributed by atoms with van der Waals surface area (Å²) >= 11 is 19.1. The Kier molecular flexibility index (Phi) is 6.16. The second-order valence-electron chi connectivity index (χ2n) is 6.39. The maximum atomic E-state index is 13.2. The third kappa shape index (κ3) is 4.40. The molecule has 0 radical (unpaired) electrons. The lowest BCUT2D eigenvalue weighted by molar-refractivity contribution is 0.102. The first kappa shape index (κ1) is 20.9. The van der Waals surface area contributed by atoms with E-state index in [1.807, 2.05) is 0 Å². The van der Waals surface area contributed by atoms with Crippen molar-refractivity contribution in [1.82, 2.24) is 9.55 Å². The van der Waals surface area contributed by atoms with Crippen molar-refractivity contribution in [3.8, 4) is 5.69 Å². The van der Waals surface area contributed by atoms with Gasteiger partial charge in [-0.15, -0.1) is 0 Å². The van der Waals surface area contributed by atoms with Crippen LogP contribution in [0.1, 0.15) is 10.4 Å². The molecule has 8 heteroatoms. The standard InChI is InChI=1S/C22H13Cl3N2O2S/c23-14-3-1-13(2-4-14)20(28)12-30-22-26-19-11-16(25)7-10-18(19)21(29)27(22)17-8-5-15(24)6-9-17/h1-11H,12H2. The Hall–Kier alpha value is -2.31. The number of Topliss-reactive ketones (excluding diaryl/α,β-unsaturated/α-hetero) is 1. The largest absolute Gasteiger partial charge is 0.293 e. The van der Waals surface area contributed by atoms with Crippen LogP contribution in [-0.4, -0.2) is 21.1 Å². The molecule has 0 fully saturated rings. The summed E-state index contributed by atoms with van der Waals surface area (Å²) < 4.78 is 1.48. The summed E-state index contributed by atoms with van der Waals surface area (Å²) in [4.78, 5) is 30.4. The van der Waals surface area contributed by atoms with Crippen LogP contribution < -0.4 is 5.56 Å². The van der Waals surface area contributed by atoms with Crippen LogP contribution in [0.5, 0.6) is 0 Å². The highest BCUT2D eigenvalue weighted by Gasteiger charge is 2.16. The predicted molar refractivity (Wildman–Crippen MR) is 124 cm³/mol. The number of ketones is 1. The first-order chi connectivity index (χ1) is 14.4. The number of carbonyl (C=O) groups excluding carboxylic acids is 1. The van der Waals surface area contributed by atoms with Gasteiger partial charge in [-0.05, 0) is 66.7 Å². The van der Waals surface area contributed by atoms with Gasteiger partial charge in [-0.2, -0.15) is 0 Å². The van der Waals surface area contributed by atoms with Crippen LogP contribution >= 0.6 is 46.6 Å². The molecule has 0 saturated carbocycles. The van der Waals surface area contributed by atoms with Crippen LogP contribution in [0.15, 0.2) is 76.7 Å². The third-order valence-corrected chi connectivity index (χ3v) is 6.06. The summed E-state index contributed by atoms with van der Waals surface area (Å²) in [6.45, 7) is 0. The number of carbonyl (C=O) groups is 1. The highest BCUT2D eigenvalue weighted by molar-refractivity contribution is 7.99. The molecule has 0 aliphatic rings. The van der Waals surface area contributed by atoms with Gasteiger partial charge in [-0.3, -0.25) is 14.2 Å². The molecule has 4 nitrogen and oxygen atoms in total. The molecule has 0 aliphatic heterocycles. The average molecular weight is 476 g/mol. The molecule has 4 rings (SSSR count). The molecular formula is C22H13Cl3N2O2S. The zero-order valence-electron chi connectivity index (χ0n) is 15.3. The molecule has 3 aromatic carbocycles. The first-order valence-corrected chi connectivity index (χ1v) is 10.9. The fourth-order valence-electron chi connectivity index (χ4n) is 2.90. The smallest absolute Gasteiger partial charge is 0.266 e.